The number of aromatic nitrogens is 3. The molecule has 2 aromatic carbocycles. The van der Waals surface area contributed by atoms with Crippen molar-refractivity contribution in [1.82, 2.24) is 15.0 Å². The van der Waals surface area contributed by atoms with Crippen LogP contribution in [0.5, 0.6) is 11.5 Å². The molecule has 2 aromatic heterocycles. The SMILES string of the molecule is Cc1cc2nc(Nc3ccc(Oc4ccncc4)cc3)[nH]c2cc1C. The summed E-state index contributed by atoms with van der Waals surface area (Å²) in [5, 5.41) is 3.29. The Bertz CT molecular complexity index is 968. The topological polar surface area (TPSA) is 62.8 Å². The molecule has 5 heteroatoms. The van der Waals surface area contributed by atoms with Gasteiger partial charge in [-0.25, -0.2) is 4.98 Å². The maximum absolute atomic E-state index is 5.77. The fourth-order valence-corrected chi connectivity index (χ4v) is 2.61. The maximum Gasteiger partial charge on any atom is 0.205 e. The standard InChI is InChI=1S/C20H18N4O/c1-13-11-18-19(12-14(13)2)24-20(23-18)22-15-3-5-16(6-4-15)25-17-7-9-21-10-8-17/h3-12H,1-2H3,(H2,22,23,24). The second-order valence-electron chi connectivity index (χ2n) is 5.97. The molecule has 2 N–H and O–H groups in total. The van der Waals surface area contributed by atoms with E-state index in [1.807, 2.05) is 36.4 Å². The van der Waals surface area contributed by atoms with Gasteiger partial charge in [0.25, 0.3) is 0 Å². The molecule has 2 heterocycles. The largest absolute Gasteiger partial charge is 0.457 e. The molecule has 0 bridgehead atoms. The van der Waals surface area contributed by atoms with Gasteiger partial charge in [-0.05, 0) is 73.5 Å². The minimum Gasteiger partial charge on any atom is -0.457 e. The lowest BCUT2D eigenvalue weighted by Gasteiger charge is -2.07. The van der Waals surface area contributed by atoms with Gasteiger partial charge in [-0.3, -0.25) is 4.98 Å². The van der Waals surface area contributed by atoms with E-state index in [0.717, 1.165) is 34.2 Å². The van der Waals surface area contributed by atoms with Gasteiger partial charge >= 0.3 is 0 Å². The second kappa shape index (κ2) is 6.28. The summed E-state index contributed by atoms with van der Waals surface area (Å²) < 4.78 is 5.77. The van der Waals surface area contributed by atoms with Gasteiger partial charge in [-0.15, -0.1) is 0 Å². The van der Waals surface area contributed by atoms with Crippen molar-refractivity contribution in [2.24, 2.45) is 0 Å². The first-order chi connectivity index (χ1) is 12.2. The van der Waals surface area contributed by atoms with Crippen molar-refractivity contribution in [2.45, 2.75) is 13.8 Å². The van der Waals surface area contributed by atoms with Gasteiger partial charge in [0.05, 0.1) is 11.0 Å². The lowest BCUT2D eigenvalue weighted by atomic mass is 10.1. The van der Waals surface area contributed by atoms with Gasteiger partial charge in [0, 0.05) is 18.1 Å². The van der Waals surface area contributed by atoms with Crippen LogP contribution in [0, 0.1) is 13.8 Å². The molecule has 4 aromatic rings. The van der Waals surface area contributed by atoms with Crippen molar-refractivity contribution in [2.75, 3.05) is 5.32 Å². The predicted octanol–water partition coefficient (Wildman–Crippen LogP) is 5.11. The van der Waals surface area contributed by atoms with Crippen molar-refractivity contribution >= 4 is 22.7 Å². The molecule has 0 saturated heterocycles. The number of aryl methyl sites for hydroxylation is 2. The maximum atomic E-state index is 5.77. The average Bonchev–Trinajstić information content (AvgIpc) is 2.99. The number of fused-ring (bicyclic) bond motifs is 1. The summed E-state index contributed by atoms with van der Waals surface area (Å²) in [4.78, 5) is 11.9. The molecule has 124 valence electrons. The molecule has 0 aliphatic rings. The van der Waals surface area contributed by atoms with Crippen LogP contribution in [-0.2, 0) is 0 Å². The van der Waals surface area contributed by atoms with E-state index in [1.54, 1.807) is 12.4 Å². The Hall–Kier alpha value is -3.34. The third-order valence-corrected chi connectivity index (χ3v) is 4.10. The Balaban J connectivity index is 1.51. The summed E-state index contributed by atoms with van der Waals surface area (Å²) in [6.07, 6.45) is 3.41. The summed E-state index contributed by atoms with van der Waals surface area (Å²) >= 11 is 0. The van der Waals surface area contributed by atoms with Crippen molar-refractivity contribution in [3.8, 4) is 11.5 Å². The Morgan fingerprint density at radius 1 is 0.880 bits per heavy atom. The van der Waals surface area contributed by atoms with Gasteiger partial charge in [-0.1, -0.05) is 0 Å². The van der Waals surface area contributed by atoms with E-state index in [9.17, 15) is 0 Å². The van der Waals surface area contributed by atoms with Crippen molar-refractivity contribution in [1.29, 1.82) is 0 Å². The fourth-order valence-electron chi connectivity index (χ4n) is 2.61. The number of H-pyrrole nitrogens is 1. The van der Waals surface area contributed by atoms with E-state index in [4.69, 9.17) is 4.74 Å². The second-order valence-corrected chi connectivity index (χ2v) is 5.97. The first-order valence-corrected chi connectivity index (χ1v) is 8.09. The number of hydrogen-bond acceptors (Lipinski definition) is 4. The number of anilines is 2. The molecule has 0 amide bonds. The van der Waals surface area contributed by atoms with E-state index in [0.29, 0.717) is 0 Å². The highest BCUT2D eigenvalue weighted by Crippen LogP contribution is 2.25. The van der Waals surface area contributed by atoms with Crippen LogP contribution in [-0.4, -0.2) is 15.0 Å². The van der Waals surface area contributed by atoms with E-state index in [1.165, 1.54) is 11.1 Å². The van der Waals surface area contributed by atoms with Crippen molar-refractivity contribution in [3.63, 3.8) is 0 Å². The predicted molar refractivity (Wildman–Crippen MR) is 99.6 cm³/mol. The van der Waals surface area contributed by atoms with Gasteiger partial charge in [0.1, 0.15) is 11.5 Å². The van der Waals surface area contributed by atoms with Crippen LogP contribution in [0.1, 0.15) is 11.1 Å². The number of hydrogen-bond donors (Lipinski definition) is 2. The molecule has 0 radical (unpaired) electrons. The monoisotopic (exact) mass is 330 g/mol. The number of rotatable bonds is 4. The summed E-state index contributed by atoms with van der Waals surface area (Å²) in [5.74, 6) is 2.26. The minimum absolute atomic E-state index is 0.725. The van der Waals surface area contributed by atoms with E-state index < -0.39 is 0 Å². The molecule has 0 fully saturated rings. The normalized spacial score (nSPS) is 10.8. The number of imidazole rings is 1. The molecule has 0 atom stereocenters. The number of pyridine rings is 1. The molecule has 4 rings (SSSR count). The first kappa shape index (κ1) is 15.2. The van der Waals surface area contributed by atoms with Gasteiger partial charge in [-0.2, -0.15) is 0 Å². The van der Waals surface area contributed by atoms with E-state index in [-0.39, 0.29) is 0 Å². The number of aromatic amines is 1. The van der Waals surface area contributed by atoms with Crippen LogP contribution >= 0.6 is 0 Å². The molecule has 0 spiro atoms. The van der Waals surface area contributed by atoms with E-state index >= 15 is 0 Å². The Kier molecular flexibility index (Phi) is 3.82. The molecule has 5 nitrogen and oxygen atoms in total. The Labute approximate surface area is 145 Å². The zero-order valence-electron chi connectivity index (χ0n) is 14.1. The molecule has 0 aliphatic carbocycles. The van der Waals surface area contributed by atoms with Crippen LogP contribution in [0.25, 0.3) is 11.0 Å². The molecular weight excluding hydrogens is 312 g/mol. The lowest BCUT2D eigenvalue weighted by molar-refractivity contribution is 0.482. The third-order valence-electron chi connectivity index (χ3n) is 4.10. The number of nitrogens with zero attached hydrogens (tertiary/aromatic N) is 2. The summed E-state index contributed by atoms with van der Waals surface area (Å²) in [7, 11) is 0. The molecule has 0 aliphatic heterocycles. The molecular formula is C20H18N4O. The summed E-state index contributed by atoms with van der Waals surface area (Å²) in [6, 6.07) is 15.6. The smallest absolute Gasteiger partial charge is 0.205 e. The fraction of sp³-hybridized carbons (Fsp3) is 0.100. The number of benzene rings is 2. The molecule has 25 heavy (non-hydrogen) atoms. The highest BCUT2D eigenvalue weighted by Gasteiger charge is 2.05. The van der Waals surface area contributed by atoms with Crippen molar-refractivity contribution < 1.29 is 4.74 Å². The number of nitrogens with one attached hydrogen (secondary N) is 2. The first-order valence-electron chi connectivity index (χ1n) is 8.09. The quantitative estimate of drug-likeness (QED) is 0.546. The Morgan fingerprint density at radius 2 is 1.56 bits per heavy atom. The third kappa shape index (κ3) is 3.30. The average molecular weight is 330 g/mol. The minimum atomic E-state index is 0.725. The van der Waals surface area contributed by atoms with Crippen LogP contribution in [0.4, 0.5) is 11.6 Å². The van der Waals surface area contributed by atoms with Crippen LogP contribution in [0.3, 0.4) is 0 Å². The van der Waals surface area contributed by atoms with Crippen LogP contribution in [0.15, 0.2) is 60.9 Å². The van der Waals surface area contributed by atoms with E-state index in [2.05, 4.69) is 46.2 Å². The van der Waals surface area contributed by atoms with Crippen molar-refractivity contribution in [3.05, 3.63) is 72.1 Å². The van der Waals surface area contributed by atoms with Gasteiger partial charge < -0.3 is 15.0 Å². The van der Waals surface area contributed by atoms with Crippen LogP contribution in [0.2, 0.25) is 0 Å². The summed E-state index contributed by atoms with van der Waals surface area (Å²) in [6.45, 7) is 4.20. The van der Waals surface area contributed by atoms with Crippen LogP contribution < -0.4 is 10.1 Å². The summed E-state index contributed by atoms with van der Waals surface area (Å²) in [5.41, 5.74) is 5.42. The lowest BCUT2D eigenvalue weighted by Crippen LogP contribution is -1.92. The zero-order valence-corrected chi connectivity index (χ0v) is 14.1. The Morgan fingerprint density at radius 3 is 2.32 bits per heavy atom. The number of ether oxygens (including phenoxy) is 1. The zero-order chi connectivity index (χ0) is 17.2. The molecule has 0 unspecified atom stereocenters. The van der Waals surface area contributed by atoms with Gasteiger partial charge in [0.2, 0.25) is 5.95 Å². The highest BCUT2D eigenvalue weighted by atomic mass is 16.5. The molecule has 0 saturated carbocycles. The highest BCUT2D eigenvalue weighted by molar-refractivity contribution is 5.80. The van der Waals surface area contributed by atoms with Gasteiger partial charge in [0.15, 0.2) is 0 Å².